The van der Waals surface area contributed by atoms with Gasteiger partial charge in [0.2, 0.25) is 6.85 Å². The van der Waals surface area contributed by atoms with E-state index in [1.54, 1.807) is 0 Å². The third kappa shape index (κ3) is 2.57. The third-order valence-corrected chi connectivity index (χ3v) is 2.06. The first kappa shape index (κ1) is 9.76. The zero-order valence-electron chi connectivity index (χ0n) is 7.59. The largest absolute Gasteiger partial charge is 0.347 e. The van der Waals surface area contributed by atoms with Crippen molar-refractivity contribution in [1.82, 2.24) is 4.81 Å². The first-order valence-electron chi connectivity index (χ1n) is 3.92. The molecule has 1 nitrogen and oxygen atoms in total. The van der Waals surface area contributed by atoms with Gasteiger partial charge in [-0.05, 0) is 19.9 Å². The van der Waals surface area contributed by atoms with E-state index < -0.39 is 0 Å². The van der Waals surface area contributed by atoms with Crippen LogP contribution in [0.2, 0.25) is 12.1 Å². The summed E-state index contributed by atoms with van der Waals surface area (Å²) in [5.74, 6) is 0.597. The van der Waals surface area contributed by atoms with Crippen LogP contribution in [-0.2, 0) is 0 Å². The average molecular weight is 139 g/mol. The summed E-state index contributed by atoms with van der Waals surface area (Å²) in [5.41, 5.74) is 0. The maximum atomic E-state index is 3.79. The molecule has 0 bridgehead atoms. The van der Waals surface area contributed by atoms with Crippen molar-refractivity contribution in [3.05, 3.63) is 12.7 Å². The topological polar surface area (TPSA) is 3.24 Å². The van der Waals surface area contributed by atoms with Gasteiger partial charge >= 0.3 is 0 Å². The number of nitrogens with zero attached hydrogens (tertiary/aromatic N) is 1. The molecular formula is C8H18BN. The van der Waals surface area contributed by atoms with E-state index in [9.17, 15) is 0 Å². The first-order valence-corrected chi connectivity index (χ1v) is 3.92. The van der Waals surface area contributed by atoms with Gasteiger partial charge in [-0.15, -0.1) is 6.58 Å². The molecule has 0 fully saturated rings. The van der Waals surface area contributed by atoms with Crippen LogP contribution < -0.4 is 0 Å². The van der Waals surface area contributed by atoms with Crippen LogP contribution in [0.1, 0.15) is 13.8 Å². The molecule has 0 aromatic carbocycles. The van der Waals surface area contributed by atoms with Crippen LogP contribution in [0.25, 0.3) is 0 Å². The van der Waals surface area contributed by atoms with Crippen molar-refractivity contribution < 1.29 is 0 Å². The Kier molecular flexibility index (Phi) is 4.45. The van der Waals surface area contributed by atoms with E-state index in [2.05, 4.69) is 39.3 Å². The zero-order valence-corrected chi connectivity index (χ0v) is 7.59. The molecule has 0 rings (SSSR count). The van der Waals surface area contributed by atoms with Gasteiger partial charge in [0, 0.05) is 0 Å². The Morgan fingerprint density at radius 3 is 2.20 bits per heavy atom. The highest BCUT2D eigenvalue weighted by atomic mass is 15.0. The lowest BCUT2D eigenvalue weighted by Gasteiger charge is -2.22. The van der Waals surface area contributed by atoms with Crippen molar-refractivity contribution in [2.24, 2.45) is 0 Å². The van der Waals surface area contributed by atoms with E-state index in [1.165, 1.54) is 6.32 Å². The molecule has 10 heavy (non-hydrogen) atoms. The van der Waals surface area contributed by atoms with Gasteiger partial charge in [-0.3, -0.25) is 0 Å². The number of hydrogen-bond donors (Lipinski definition) is 0. The summed E-state index contributed by atoms with van der Waals surface area (Å²) in [5, 5.41) is 0. The smallest absolute Gasteiger partial charge is 0.229 e. The molecule has 0 aromatic rings. The lowest BCUT2D eigenvalue weighted by atomic mass is 9.49. The maximum absolute atomic E-state index is 3.79. The van der Waals surface area contributed by atoms with Crippen LogP contribution in [-0.4, -0.2) is 25.8 Å². The fraction of sp³-hybridized carbons (Fsp3) is 0.750. The molecular weight excluding hydrogens is 121 g/mol. The van der Waals surface area contributed by atoms with Gasteiger partial charge < -0.3 is 4.81 Å². The van der Waals surface area contributed by atoms with Crippen molar-refractivity contribution in [3.63, 3.8) is 0 Å². The second-order valence-corrected chi connectivity index (χ2v) is 3.03. The molecule has 0 radical (unpaired) electrons. The van der Waals surface area contributed by atoms with Crippen molar-refractivity contribution in [1.29, 1.82) is 0 Å². The molecule has 58 valence electrons. The predicted octanol–water partition coefficient (Wildman–Crippen LogP) is 2.14. The van der Waals surface area contributed by atoms with Gasteiger partial charge in [0.05, 0.1) is 0 Å². The molecule has 0 heterocycles. The van der Waals surface area contributed by atoms with Crippen LogP contribution in [0.3, 0.4) is 0 Å². The number of rotatable bonds is 4. The Balaban J connectivity index is 3.92. The fourth-order valence-corrected chi connectivity index (χ4v) is 1.36. The Labute approximate surface area is 65.2 Å². The van der Waals surface area contributed by atoms with E-state index >= 15 is 0 Å². The Hall–Kier alpha value is -0.235. The van der Waals surface area contributed by atoms with Crippen molar-refractivity contribution in [2.75, 3.05) is 14.1 Å². The Morgan fingerprint density at radius 2 is 2.10 bits per heavy atom. The zero-order chi connectivity index (χ0) is 8.15. The number of hydrogen-bond acceptors (Lipinski definition) is 1. The highest BCUT2D eigenvalue weighted by Gasteiger charge is 2.19. The lowest BCUT2D eigenvalue weighted by Crippen LogP contribution is -2.34. The molecule has 0 amide bonds. The average Bonchev–Trinajstić information content (AvgIpc) is 1.88. The summed E-state index contributed by atoms with van der Waals surface area (Å²) in [4.78, 5) is 2.26. The second-order valence-electron chi connectivity index (χ2n) is 3.03. The Morgan fingerprint density at radius 1 is 1.60 bits per heavy atom. The maximum Gasteiger partial charge on any atom is 0.229 e. The SMILES string of the molecule is C=CC(C)B(CC)N(C)C. The van der Waals surface area contributed by atoms with Crippen molar-refractivity contribution >= 4 is 6.85 Å². The minimum atomic E-state index is 0.597. The molecule has 0 aromatic heterocycles. The molecule has 0 aliphatic rings. The van der Waals surface area contributed by atoms with Gasteiger partial charge in [-0.1, -0.05) is 26.2 Å². The normalized spacial score (nSPS) is 13.3. The predicted molar refractivity (Wildman–Crippen MR) is 49.5 cm³/mol. The van der Waals surface area contributed by atoms with Crippen LogP contribution >= 0.6 is 0 Å². The van der Waals surface area contributed by atoms with E-state index in [0.717, 1.165) is 0 Å². The van der Waals surface area contributed by atoms with Gasteiger partial charge in [-0.25, -0.2) is 0 Å². The van der Waals surface area contributed by atoms with E-state index in [4.69, 9.17) is 0 Å². The molecule has 0 saturated heterocycles. The monoisotopic (exact) mass is 139 g/mol. The number of allylic oxidation sites excluding steroid dienone is 1. The van der Waals surface area contributed by atoms with Gasteiger partial charge in [0.25, 0.3) is 0 Å². The molecule has 1 unspecified atom stereocenters. The summed E-state index contributed by atoms with van der Waals surface area (Å²) >= 11 is 0. The molecule has 0 spiro atoms. The Bertz CT molecular complexity index is 101. The lowest BCUT2D eigenvalue weighted by molar-refractivity contribution is 0.624. The van der Waals surface area contributed by atoms with E-state index in [-0.39, 0.29) is 0 Å². The van der Waals surface area contributed by atoms with Crippen LogP contribution in [0.15, 0.2) is 12.7 Å². The summed E-state index contributed by atoms with van der Waals surface area (Å²) in [6.45, 7) is 8.86. The molecule has 0 aliphatic carbocycles. The van der Waals surface area contributed by atoms with Crippen molar-refractivity contribution in [2.45, 2.75) is 26.0 Å². The fourth-order valence-electron chi connectivity index (χ4n) is 1.36. The summed E-state index contributed by atoms with van der Waals surface area (Å²) < 4.78 is 0. The molecule has 0 N–H and O–H groups in total. The van der Waals surface area contributed by atoms with Crippen LogP contribution in [0.4, 0.5) is 0 Å². The van der Waals surface area contributed by atoms with Crippen LogP contribution in [0, 0.1) is 0 Å². The minimum Gasteiger partial charge on any atom is -0.347 e. The molecule has 1 atom stereocenters. The second kappa shape index (κ2) is 4.56. The van der Waals surface area contributed by atoms with E-state index in [0.29, 0.717) is 12.7 Å². The standard InChI is InChI=1S/C8H18BN/c1-6-8(3)9(7-2)10(4)5/h6,8H,1,7H2,2-5H3. The highest BCUT2D eigenvalue weighted by Crippen LogP contribution is 2.14. The molecule has 0 saturated carbocycles. The third-order valence-electron chi connectivity index (χ3n) is 2.06. The summed E-state index contributed by atoms with van der Waals surface area (Å²) in [7, 11) is 4.24. The van der Waals surface area contributed by atoms with Gasteiger partial charge in [0.1, 0.15) is 0 Å². The van der Waals surface area contributed by atoms with Gasteiger partial charge in [-0.2, -0.15) is 0 Å². The molecule has 2 heteroatoms. The van der Waals surface area contributed by atoms with E-state index in [1.807, 2.05) is 6.08 Å². The minimum absolute atomic E-state index is 0.597. The summed E-state index contributed by atoms with van der Waals surface area (Å²) in [6.07, 6.45) is 3.22. The van der Waals surface area contributed by atoms with Gasteiger partial charge in [0.15, 0.2) is 0 Å². The first-order chi connectivity index (χ1) is 4.63. The van der Waals surface area contributed by atoms with Crippen LogP contribution in [0.5, 0.6) is 0 Å². The van der Waals surface area contributed by atoms with Crippen molar-refractivity contribution in [3.8, 4) is 0 Å². The summed E-state index contributed by atoms with van der Waals surface area (Å²) in [6, 6.07) is 0. The molecule has 0 aliphatic heterocycles. The highest BCUT2D eigenvalue weighted by molar-refractivity contribution is 6.57. The quantitative estimate of drug-likeness (QED) is 0.426.